The van der Waals surface area contributed by atoms with Gasteiger partial charge in [-0.05, 0) is 18.9 Å². The molecule has 1 aromatic rings. The van der Waals surface area contributed by atoms with Crippen LogP contribution in [0, 0.1) is 0 Å². The largest absolute Gasteiger partial charge is 0.481 e. The van der Waals surface area contributed by atoms with E-state index in [0.717, 1.165) is 44.3 Å². The third kappa shape index (κ3) is 10.3. The highest BCUT2D eigenvalue weighted by molar-refractivity contribution is 14.0. The number of halogens is 1. The van der Waals surface area contributed by atoms with Crippen LogP contribution in [0.4, 0.5) is 0 Å². The summed E-state index contributed by atoms with van der Waals surface area (Å²) >= 11 is 0. The molecule has 0 aliphatic heterocycles. The third-order valence-corrected chi connectivity index (χ3v) is 3.05. The lowest BCUT2D eigenvalue weighted by Gasteiger charge is -2.12. The number of nitrogens with zero attached hydrogens (tertiary/aromatic N) is 2. The van der Waals surface area contributed by atoms with Crippen LogP contribution in [0.5, 0.6) is 5.88 Å². The van der Waals surface area contributed by atoms with E-state index in [2.05, 4.69) is 27.5 Å². The van der Waals surface area contributed by atoms with Gasteiger partial charge in [0.1, 0.15) is 0 Å². The highest BCUT2D eigenvalue weighted by Crippen LogP contribution is 2.05. The molecule has 0 atom stereocenters. The second-order valence-electron chi connectivity index (χ2n) is 4.84. The van der Waals surface area contributed by atoms with E-state index >= 15 is 0 Å². The van der Waals surface area contributed by atoms with Crippen molar-refractivity contribution >= 4 is 29.9 Å². The predicted molar refractivity (Wildman–Crippen MR) is 105 cm³/mol. The van der Waals surface area contributed by atoms with Gasteiger partial charge in [-0.25, -0.2) is 4.98 Å². The molecular formula is C16H29IN4O2. The number of aromatic nitrogens is 1. The number of aliphatic imine (C=N–C) groups is 1. The number of hydrogen-bond donors (Lipinski definition) is 2. The van der Waals surface area contributed by atoms with Gasteiger partial charge in [-0.15, -0.1) is 24.0 Å². The van der Waals surface area contributed by atoms with Crippen LogP contribution in [0.2, 0.25) is 0 Å². The van der Waals surface area contributed by atoms with E-state index in [1.807, 2.05) is 18.2 Å². The maximum absolute atomic E-state index is 5.52. The van der Waals surface area contributed by atoms with Gasteiger partial charge in [-0.2, -0.15) is 0 Å². The molecule has 0 radical (unpaired) electrons. The first-order chi connectivity index (χ1) is 10.8. The Bertz CT molecular complexity index is 444. The van der Waals surface area contributed by atoms with Gasteiger partial charge < -0.3 is 20.1 Å². The highest BCUT2D eigenvalue weighted by Gasteiger charge is 2.00. The number of pyridine rings is 1. The van der Waals surface area contributed by atoms with Crippen molar-refractivity contribution in [1.82, 2.24) is 15.6 Å². The zero-order chi connectivity index (χ0) is 16.0. The Balaban J connectivity index is 0.00000484. The van der Waals surface area contributed by atoms with Crippen molar-refractivity contribution in [2.45, 2.75) is 32.7 Å². The van der Waals surface area contributed by atoms with Crippen molar-refractivity contribution in [2.24, 2.45) is 4.99 Å². The molecule has 1 aromatic heterocycles. The molecule has 0 unspecified atom stereocenters. The fourth-order valence-corrected chi connectivity index (χ4v) is 1.79. The quantitative estimate of drug-likeness (QED) is 0.256. The van der Waals surface area contributed by atoms with Gasteiger partial charge in [0.05, 0.1) is 19.3 Å². The molecule has 0 aliphatic rings. The summed E-state index contributed by atoms with van der Waals surface area (Å²) < 4.78 is 10.6. The van der Waals surface area contributed by atoms with Crippen LogP contribution in [-0.2, 0) is 11.3 Å². The number of methoxy groups -OCH3 is 1. The smallest absolute Gasteiger partial charge is 0.213 e. The second kappa shape index (κ2) is 14.5. The number of nitrogens with one attached hydrogen (secondary N) is 2. The number of guanidine groups is 1. The molecule has 0 bridgehead atoms. The molecule has 0 fully saturated rings. The van der Waals surface area contributed by atoms with Crippen LogP contribution in [0.15, 0.2) is 23.2 Å². The fourth-order valence-electron chi connectivity index (χ4n) is 1.79. The lowest BCUT2D eigenvalue weighted by atomic mass is 10.3. The molecule has 6 nitrogen and oxygen atoms in total. The fraction of sp³-hybridized carbons (Fsp3) is 0.625. The maximum Gasteiger partial charge on any atom is 0.213 e. The van der Waals surface area contributed by atoms with E-state index in [9.17, 15) is 0 Å². The van der Waals surface area contributed by atoms with E-state index < -0.39 is 0 Å². The average molecular weight is 436 g/mol. The molecule has 0 saturated carbocycles. The normalized spacial score (nSPS) is 10.8. The minimum Gasteiger partial charge on any atom is -0.481 e. The number of ether oxygens (including phenoxy) is 2. The second-order valence-corrected chi connectivity index (χ2v) is 4.84. The Labute approximate surface area is 156 Å². The van der Waals surface area contributed by atoms with Crippen LogP contribution in [0.3, 0.4) is 0 Å². The Morgan fingerprint density at radius 1 is 1.22 bits per heavy atom. The van der Waals surface area contributed by atoms with Crippen molar-refractivity contribution in [3.8, 4) is 5.88 Å². The topological polar surface area (TPSA) is 67.8 Å². The van der Waals surface area contributed by atoms with E-state index in [-0.39, 0.29) is 24.0 Å². The van der Waals surface area contributed by atoms with Gasteiger partial charge in [0, 0.05) is 32.9 Å². The van der Waals surface area contributed by atoms with Crippen molar-refractivity contribution in [3.63, 3.8) is 0 Å². The molecular weight excluding hydrogens is 407 g/mol. The third-order valence-electron chi connectivity index (χ3n) is 3.05. The number of hydrogen-bond acceptors (Lipinski definition) is 4. The van der Waals surface area contributed by atoms with Crippen LogP contribution >= 0.6 is 24.0 Å². The first-order valence-corrected chi connectivity index (χ1v) is 7.82. The Morgan fingerprint density at radius 2 is 2.00 bits per heavy atom. The molecule has 1 heterocycles. The summed E-state index contributed by atoms with van der Waals surface area (Å²) in [5, 5.41) is 6.49. The molecule has 0 saturated heterocycles. The van der Waals surface area contributed by atoms with Crippen molar-refractivity contribution in [2.75, 3.05) is 33.9 Å². The monoisotopic (exact) mass is 436 g/mol. The maximum atomic E-state index is 5.52. The molecule has 0 aliphatic carbocycles. The molecule has 2 N–H and O–H groups in total. The summed E-state index contributed by atoms with van der Waals surface area (Å²) in [4.78, 5) is 8.54. The lowest BCUT2D eigenvalue weighted by Crippen LogP contribution is -2.37. The van der Waals surface area contributed by atoms with E-state index in [0.29, 0.717) is 12.4 Å². The highest BCUT2D eigenvalue weighted by atomic mass is 127. The summed E-state index contributed by atoms with van der Waals surface area (Å²) in [6.07, 6.45) is 3.26. The lowest BCUT2D eigenvalue weighted by molar-refractivity contribution is 0.129. The Kier molecular flexibility index (Phi) is 13.8. The average Bonchev–Trinajstić information content (AvgIpc) is 2.57. The van der Waals surface area contributed by atoms with Gasteiger partial charge in [0.25, 0.3) is 0 Å². The van der Waals surface area contributed by atoms with Crippen LogP contribution in [0.1, 0.15) is 31.9 Å². The summed E-state index contributed by atoms with van der Waals surface area (Å²) in [5.41, 5.74) is 0.908. The first-order valence-electron chi connectivity index (χ1n) is 7.82. The molecule has 0 amide bonds. The zero-order valence-corrected chi connectivity index (χ0v) is 16.6. The van der Waals surface area contributed by atoms with Gasteiger partial charge >= 0.3 is 0 Å². The van der Waals surface area contributed by atoms with E-state index in [1.165, 1.54) is 6.42 Å². The van der Waals surface area contributed by atoms with Gasteiger partial charge in [-0.1, -0.05) is 19.4 Å². The van der Waals surface area contributed by atoms with Crippen LogP contribution in [-0.4, -0.2) is 44.9 Å². The Hall–Kier alpha value is -1.09. The number of rotatable bonds is 10. The SMILES string of the molecule is CCCCOCCCNC(=NC)NCc1cccc(OC)n1.I. The molecule has 7 heteroatoms. The van der Waals surface area contributed by atoms with Crippen molar-refractivity contribution in [3.05, 3.63) is 23.9 Å². The van der Waals surface area contributed by atoms with Gasteiger partial charge in [0.15, 0.2) is 5.96 Å². The zero-order valence-electron chi connectivity index (χ0n) is 14.3. The summed E-state index contributed by atoms with van der Waals surface area (Å²) in [6, 6.07) is 5.70. The van der Waals surface area contributed by atoms with Crippen LogP contribution < -0.4 is 15.4 Å². The van der Waals surface area contributed by atoms with Crippen molar-refractivity contribution < 1.29 is 9.47 Å². The molecule has 0 aromatic carbocycles. The molecule has 0 spiro atoms. The standard InChI is InChI=1S/C16H28N4O2.HI/c1-4-5-11-22-12-7-10-18-16(17-2)19-13-14-8-6-9-15(20-14)21-3;/h6,8-9H,4-5,7,10-13H2,1-3H3,(H2,17,18,19);1H. The number of unbranched alkanes of at least 4 members (excludes halogenated alkanes) is 1. The summed E-state index contributed by atoms with van der Waals surface area (Å²) in [5.74, 6) is 1.38. The first kappa shape index (κ1) is 21.9. The predicted octanol–water partition coefficient (Wildman–Crippen LogP) is 2.58. The van der Waals surface area contributed by atoms with E-state index in [4.69, 9.17) is 9.47 Å². The van der Waals surface area contributed by atoms with Crippen LogP contribution in [0.25, 0.3) is 0 Å². The summed E-state index contributed by atoms with van der Waals surface area (Å²) in [7, 11) is 3.37. The Morgan fingerprint density at radius 3 is 2.70 bits per heavy atom. The minimum absolute atomic E-state index is 0. The van der Waals surface area contributed by atoms with Gasteiger partial charge in [-0.3, -0.25) is 4.99 Å². The minimum atomic E-state index is 0. The molecule has 23 heavy (non-hydrogen) atoms. The van der Waals surface area contributed by atoms with Gasteiger partial charge in [0.2, 0.25) is 5.88 Å². The van der Waals surface area contributed by atoms with Crippen molar-refractivity contribution in [1.29, 1.82) is 0 Å². The summed E-state index contributed by atoms with van der Waals surface area (Å²) in [6.45, 7) is 5.23. The molecule has 1 rings (SSSR count). The van der Waals surface area contributed by atoms with E-state index in [1.54, 1.807) is 14.2 Å². The molecule has 132 valence electrons.